The molecule has 5 rings (SSSR count). The quantitative estimate of drug-likeness (QED) is 0.670. The Bertz CT molecular complexity index is 976. The van der Waals surface area contributed by atoms with Crippen LogP contribution in [0.1, 0.15) is 42.1 Å². The molecule has 0 fully saturated rings. The van der Waals surface area contributed by atoms with Crippen molar-refractivity contribution in [2.24, 2.45) is 0 Å². The lowest BCUT2D eigenvalue weighted by Crippen LogP contribution is -2.39. The van der Waals surface area contributed by atoms with Gasteiger partial charge in [-0.25, -0.2) is 0 Å². The van der Waals surface area contributed by atoms with E-state index in [0.717, 1.165) is 48.6 Å². The van der Waals surface area contributed by atoms with E-state index in [1.807, 2.05) is 12.1 Å². The molecule has 168 valence electrons. The Hall–Kier alpha value is -2.61. The molecule has 0 unspecified atom stereocenters. The van der Waals surface area contributed by atoms with E-state index in [4.69, 9.17) is 18.9 Å². The molecular weight excluding hydrogens is 411 g/mol. The van der Waals surface area contributed by atoms with Gasteiger partial charge in [0.15, 0.2) is 23.0 Å². The standard InChI is InChI=1S/C22H22F3NO4.CH4/c1-27-18-9-15-11-26-4-2-13-7-20-21(30-12-29-20)10-16(13)17(26)6-14(15)8-19(18)28-5-3-22(23,24)25;/h7-10,17H,2-6,11-12H2,1H3;1H4/t17-;/m0./s1. The molecule has 0 saturated heterocycles. The highest BCUT2D eigenvalue weighted by molar-refractivity contribution is 5.53. The van der Waals surface area contributed by atoms with Gasteiger partial charge in [0.1, 0.15) is 0 Å². The largest absolute Gasteiger partial charge is 0.493 e. The maximum atomic E-state index is 12.5. The fourth-order valence-electron chi connectivity index (χ4n) is 4.53. The SMILES string of the molecule is C.COc1cc2c(cc1OCCC(F)(F)F)C[C@H]1c3cc4c(cc3CCN1C2)OCO4. The lowest BCUT2D eigenvalue weighted by atomic mass is 9.83. The Balaban J connectivity index is 0.00000231. The molecule has 0 saturated carbocycles. The minimum atomic E-state index is -4.25. The normalized spacial score (nSPS) is 19.0. The van der Waals surface area contributed by atoms with Crippen molar-refractivity contribution in [1.82, 2.24) is 4.90 Å². The molecule has 8 heteroatoms. The Kier molecular flexibility index (Phi) is 5.68. The minimum Gasteiger partial charge on any atom is -0.493 e. The molecule has 2 aromatic carbocycles. The lowest BCUT2D eigenvalue weighted by molar-refractivity contribution is -0.139. The van der Waals surface area contributed by atoms with Gasteiger partial charge in [-0.2, -0.15) is 13.2 Å². The van der Waals surface area contributed by atoms with Crippen LogP contribution in [-0.4, -0.2) is 38.1 Å². The highest BCUT2D eigenvalue weighted by atomic mass is 19.4. The molecule has 0 aliphatic carbocycles. The summed E-state index contributed by atoms with van der Waals surface area (Å²) in [5.41, 5.74) is 4.69. The van der Waals surface area contributed by atoms with Gasteiger partial charge in [-0.15, -0.1) is 0 Å². The molecule has 0 radical (unpaired) electrons. The summed E-state index contributed by atoms with van der Waals surface area (Å²) in [6.07, 6.45) is -3.56. The maximum absolute atomic E-state index is 12.5. The third-order valence-corrected chi connectivity index (χ3v) is 6.02. The summed E-state index contributed by atoms with van der Waals surface area (Å²) in [4.78, 5) is 2.43. The third-order valence-electron chi connectivity index (χ3n) is 6.02. The summed E-state index contributed by atoms with van der Waals surface area (Å²) in [5.74, 6) is 2.39. The van der Waals surface area contributed by atoms with Crippen molar-refractivity contribution in [2.75, 3.05) is 27.1 Å². The molecule has 5 nitrogen and oxygen atoms in total. The summed E-state index contributed by atoms with van der Waals surface area (Å²) in [7, 11) is 1.50. The van der Waals surface area contributed by atoms with Crippen LogP contribution in [0.4, 0.5) is 13.2 Å². The van der Waals surface area contributed by atoms with Crippen LogP contribution in [0.5, 0.6) is 23.0 Å². The first-order valence-corrected chi connectivity index (χ1v) is 9.97. The van der Waals surface area contributed by atoms with Gasteiger partial charge in [0.2, 0.25) is 6.79 Å². The second-order valence-corrected chi connectivity index (χ2v) is 7.83. The number of ether oxygens (including phenoxy) is 4. The van der Waals surface area contributed by atoms with Crippen LogP contribution >= 0.6 is 0 Å². The number of benzene rings is 2. The lowest BCUT2D eigenvalue weighted by Gasteiger charge is -2.41. The van der Waals surface area contributed by atoms with Crippen LogP contribution in [0.2, 0.25) is 0 Å². The fourth-order valence-corrected chi connectivity index (χ4v) is 4.53. The van der Waals surface area contributed by atoms with E-state index in [-0.39, 0.29) is 20.3 Å². The Labute approximate surface area is 179 Å². The Morgan fingerprint density at radius 3 is 2.52 bits per heavy atom. The van der Waals surface area contributed by atoms with Crippen molar-refractivity contribution in [3.05, 3.63) is 46.5 Å². The molecule has 0 N–H and O–H groups in total. The maximum Gasteiger partial charge on any atom is 0.392 e. The molecule has 3 aliphatic rings. The molecule has 1 atom stereocenters. The summed E-state index contributed by atoms with van der Waals surface area (Å²) in [6.45, 7) is 1.50. The van der Waals surface area contributed by atoms with E-state index < -0.39 is 19.2 Å². The third kappa shape index (κ3) is 4.13. The number of rotatable bonds is 4. The number of hydrogen-bond acceptors (Lipinski definition) is 5. The fraction of sp³-hybridized carbons (Fsp3) is 0.478. The number of halogens is 3. The molecule has 31 heavy (non-hydrogen) atoms. The zero-order valence-electron chi connectivity index (χ0n) is 16.6. The van der Waals surface area contributed by atoms with E-state index in [2.05, 4.69) is 17.0 Å². The minimum absolute atomic E-state index is 0. The molecule has 3 aliphatic heterocycles. The van der Waals surface area contributed by atoms with Crippen molar-refractivity contribution in [1.29, 1.82) is 0 Å². The Morgan fingerprint density at radius 2 is 1.77 bits per heavy atom. The summed E-state index contributed by atoms with van der Waals surface area (Å²) >= 11 is 0. The second kappa shape index (κ2) is 8.15. The number of fused-ring (bicyclic) bond motifs is 5. The summed E-state index contributed by atoms with van der Waals surface area (Å²) in [6, 6.07) is 8.06. The number of nitrogens with zero attached hydrogens (tertiary/aromatic N) is 1. The van der Waals surface area contributed by atoms with Gasteiger partial charge < -0.3 is 18.9 Å². The molecule has 0 spiro atoms. The van der Waals surface area contributed by atoms with E-state index >= 15 is 0 Å². The van der Waals surface area contributed by atoms with Gasteiger partial charge in [0, 0.05) is 19.1 Å². The van der Waals surface area contributed by atoms with Gasteiger partial charge in [0.05, 0.1) is 20.1 Å². The highest BCUT2D eigenvalue weighted by Gasteiger charge is 2.34. The summed E-state index contributed by atoms with van der Waals surface area (Å²) < 4.78 is 59.4. The van der Waals surface area contributed by atoms with Crippen LogP contribution in [0.15, 0.2) is 24.3 Å². The van der Waals surface area contributed by atoms with E-state index in [0.29, 0.717) is 11.5 Å². The number of hydrogen-bond donors (Lipinski definition) is 0. The molecular formula is C23H26F3NO4. The predicted molar refractivity (Wildman–Crippen MR) is 109 cm³/mol. The van der Waals surface area contributed by atoms with Crippen molar-refractivity contribution < 1.29 is 32.1 Å². The smallest absolute Gasteiger partial charge is 0.392 e. The van der Waals surface area contributed by atoms with Gasteiger partial charge in [0.25, 0.3) is 0 Å². The first-order valence-electron chi connectivity index (χ1n) is 9.97. The van der Waals surface area contributed by atoms with Crippen LogP contribution < -0.4 is 18.9 Å². The number of alkyl halides is 3. The van der Waals surface area contributed by atoms with Gasteiger partial charge >= 0.3 is 6.18 Å². The van der Waals surface area contributed by atoms with Gasteiger partial charge in [-0.3, -0.25) is 4.90 Å². The monoisotopic (exact) mass is 437 g/mol. The highest BCUT2D eigenvalue weighted by Crippen LogP contribution is 2.45. The zero-order chi connectivity index (χ0) is 20.9. The predicted octanol–water partition coefficient (Wildman–Crippen LogP) is 5.05. The van der Waals surface area contributed by atoms with Crippen molar-refractivity contribution in [3.8, 4) is 23.0 Å². The zero-order valence-corrected chi connectivity index (χ0v) is 16.6. The Morgan fingerprint density at radius 1 is 1.03 bits per heavy atom. The van der Waals surface area contributed by atoms with Gasteiger partial charge in [-0.1, -0.05) is 7.43 Å². The summed E-state index contributed by atoms with van der Waals surface area (Å²) in [5, 5.41) is 0. The topological polar surface area (TPSA) is 40.2 Å². The van der Waals surface area contributed by atoms with E-state index in [1.165, 1.54) is 18.2 Å². The van der Waals surface area contributed by atoms with E-state index in [9.17, 15) is 13.2 Å². The van der Waals surface area contributed by atoms with Crippen LogP contribution in [0.3, 0.4) is 0 Å². The molecule has 0 bridgehead atoms. The van der Waals surface area contributed by atoms with E-state index in [1.54, 1.807) is 0 Å². The van der Waals surface area contributed by atoms with Crippen molar-refractivity contribution >= 4 is 0 Å². The first kappa shape index (κ1) is 21.6. The molecule has 0 aromatic heterocycles. The van der Waals surface area contributed by atoms with Crippen LogP contribution in [0, 0.1) is 0 Å². The second-order valence-electron chi connectivity index (χ2n) is 7.83. The van der Waals surface area contributed by atoms with Crippen molar-refractivity contribution in [2.45, 2.75) is 45.5 Å². The number of methoxy groups -OCH3 is 1. The molecule has 2 aromatic rings. The molecule has 0 amide bonds. The molecule has 3 heterocycles. The average Bonchev–Trinajstić information content (AvgIpc) is 3.17. The van der Waals surface area contributed by atoms with Crippen LogP contribution in [-0.2, 0) is 19.4 Å². The first-order chi connectivity index (χ1) is 14.4. The van der Waals surface area contributed by atoms with Crippen LogP contribution in [0.25, 0.3) is 0 Å². The van der Waals surface area contributed by atoms with Gasteiger partial charge in [-0.05, 0) is 59.4 Å². The average molecular weight is 437 g/mol. The van der Waals surface area contributed by atoms with Crippen molar-refractivity contribution in [3.63, 3.8) is 0 Å².